The van der Waals surface area contributed by atoms with Crippen molar-refractivity contribution in [3.05, 3.63) is 0 Å². The van der Waals surface area contributed by atoms with Gasteiger partial charge in [0, 0.05) is 13.6 Å². The van der Waals surface area contributed by atoms with Gasteiger partial charge in [-0.25, -0.2) is 0 Å². The van der Waals surface area contributed by atoms with Gasteiger partial charge in [-0.3, -0.25) is 14.5 Å². The predicted molar refractivity (Wildman–Crippen MR) is 61.1 cm³/mol. The van der Waals surface area contributed by atoms with Gasteiger partial charge < -0.3 is 4.90 Å². The third-order valence-corrected chi connectivity index (χ3v) is 3.81. The van der Waals surface area contributed by atoms with E-state index in [2.05, 4.69) is 4.90 Å². The number of rotatable bonds is 2. The smallest absolute Gasteiger partial charge is 0.239 e. The first-order valence-electron chi connectivity index (χ1n) is 6.12. The number of hydrogen-bond acceptors (Lipinski definition) is 3. The fourth-order valence-corrected chi connectivity index (χ4v) is 2.88. The molecule has 16 heavy (non-hydrogen) atoms. The summed E-state index contributed by atoms with van der Waals surface area (Å²) in [5.74, 6) is 0.398. The molecule has 0 aromatic rings. The molecule has 0 radical (unpaired) electrons. The number of amides is 1. The fraction of sp³-hybridized carbons (Fsp3) is 0.833. The molecule has 2 fully saturated rings. The monoisotopic (exact) mass is 224 g/mol. The molecule has 2 aliphatic heterocycles. The van der Waals surface area contributed by atoms with Gasteiger partial charge in [0.2, 0.25) is 5.91 Å². The summed E-state index contributed by atoms with van der Waals surface area (Å²) in [6, 6.07) is -0.0617. The Bertz CT molecular complexity index is 303. The zero-order valence-corrected chi connectivity index (χ0v) is 10.1. The Morgan fingerprint density at radius 2 is 2.00 bits per heavy atom. The number of Topliss-reactive ketones (excluding diaryl/α,β-unsaturated/α-hetero) is 1. The Morgan fingerprint density at radius 1 is 1.25 bits per heavy atom. The van der Waals surface area contributed by atoms with Crippen molar-refractivity contribution in [3.63, 3.8) is 0 Å². The van der Waals surface area contributed by atoms with E-state index < -0.39 is 0 Å². The van der Waals surface area contributed by atoms with E-state index >= 15 is 0 Å². The number of nitrogens with zero attached hydrogens (tertiary/aromatic N) is 2. The van der Waals surface area contributed by atoms with Gasteiger partial charge in [-0.1, -0.05) is 6.42 Å². The van der Waals surface area contributed by atoms with Crippen LogP contribution in [0.3, 0.4) is 0 Å². The number of likely N-dealkylation sites (tertiary alicyclic amines) is 2. The molecule has 2 rings (SSSR count). The lowest BCUT2D eigenvalue weighted by Crippen LogP contribution is -2.52. The summed E-state index contributed by atoms with van der Waals surface area (Å²) in [5, 5.41) is 0. The van der Waals surface area contributed by atoms with E-state index in [0.717, 1.165) is 38.8 Å². The summed E-state index contributed by atoms with van der Waals surface area (Å²) in [6.07, 6.45) is 4.01. The van der Waals surface area contributed by atoms with Gasteiger partial charge in [-0.15, -0.1) is 0 Å². The molecule has 0 saturated carbocycles. The highest BCUT2D eigenvalue weighted by atomic mass is 16.2. The second kappa shape index (κ2) is 4.53. The zero-order chi connectivity index (χ0) is 11.7. The fourth-order valence-electron chi connectivity index (χ4n) is 2.88. The first-order valence-corrected chi connectivity index (χ1v) is 6.12. The summed E-state index contributed by atoms with van der Waals surface area (Å²) in [4.78, 5) is 27.4. The SMILES string of the molecule is CC(=O)C1CCCCN1C1CCN(C)C1=O. The lowest BCUT2D eigenvalue weighted by Gasteiger charge is -2.37. The van der Waals surface area contributed by atoms with E-state index in [4.69, 9.17) is 0 Å². The molecule has 0 bridgehead atoms. The predicted octanol–water partition coefficient (Wildman–Crippen LogP) is 0.661. The van der Waals surface area contributed by atoms with Crippen LogP contribution in [0.2, 0.25) is 0 Å². The normalized spacial score (nSPS) is 32.1. The minimum Gasteiger partial charge on any atom is -0.344 e. The Hall–Kier alpha value is -0.900. The number of carbonyl (C=O) groups is 2. The summed E-state index contributed by atoms with van der Waals surface area (Å²) in [6.45, 7) is 3.37. The van der Waals surface area contributed by atoms with Crippen molar-refractivity contribution in [1.29, 1.82) is 0 Å². The molecule has 0 aliphatic carbocycles. The third-order valence-electron chi connectivity index (χ3n) is 3.81. The number of likely N-dealkylation sites (N-methyl/N-ethyl adjacent to an activating group) is 1. The minimum absolute atomic E-state index is 0.0193. The van der Waals surface area contributed by atoms with Crippen molar-refractivity contribution in [3.8, 4) is 0 Å². The maximum atomic E-state index is 11.9. The van der Waals surface area contributed by atoms with Crippen LogP contribution < -0.4 is 0 Å². The maximum Gasteiger partial charge on any atom is 0.239 e. The third kappa shape index (κ3) is 1.98. The molecule has 0 aromatic heterocycles. The van der Waals surface area contributed by atoms with Gasteiger partial charge in [0.05, 0.1) is 12.1 Å². The zero-order valence-electron chi connectivity index (χ0n) is 10.1. The van der Waals surface area contributed by atoms with Crippen LogP contribution in [0.25, 0.3) is 0 Å². The molecule has 2 unspecified atom stereocenters. The molecule has 4 heteroatoms. The molecular weight excluding hydrogens is 204 g/mol. The van der Waals surface area contributed by atoms with Crippen molar-refractivity contribution >= 4 is 11.7 Å². The van der Waals surface area contributed by atoms with Crippen LogP contribution >= 0.6 is 0 Å². The van der Waals surface area contributed by atoms with Crippen LogP contribution in [0.1, 0.15) is 32.6 Å². The Labute approximate surface area is 96.6 Å². The molecule has 2 atom stereocenters. The van der Waals surface area contributed by atoms with Gasteiger partial charge in [-0.2, -0.15) is 0 Å². The summed E-state index contributed by atoms with van der Waals surface area (Å²) >= 11 is 0. The molecule has 0 spiro atoms. The quantitative estimate of drug-likeness (QED) is 0.692. The van der Waals surface area contributed by atoms with Gasteiger partial charge in [0.15, 0.2) is 0 Å². The van der Waals surface area contributed by atoms with Gasteiger partial charge in [0.25, 0.3) is 0 Å². The second-order valence-corrected chi connectivity index (χ2v) is 4.92. The topological polar surface area (TPSA) is 40.6 Å². The van der Waals surface area contributed by atoms with E-state index in [0.29, 0.717) is 0 Å². The van der Waals surface area contributed by atoms with E-state index in [1.165, 1.54) is 0 Å². The van der Waals surface area contributed by atoms with Gasteiger partial charge >= 0.3 is 0 Å². The highest BCUT2D eigenvalue weighted by Gasteiger charge is 2.39. The highest BCUT2D eigenvalue weighted by Crippen LogP contribution is 2.25. The van der Waals surface area contributed by atoms with Crippen LogP contribution in [0, 0.1) is 0 Å². The molecule has 90 valence electrons. The standard InChI is InChI=1S/C12H20N2O2/c1-9(15)10-5-3-4-7-14(10)11-6-8-13(2)12(11)16/h10-11H,3-8H2,1-2H3. The molecule has 0 N–H and O–H groups in total. The lowest BCUT2D eigenvalue weighted by molar-refractivity contribution is -0.134. The molecule has 0 aromatic carbocycles. The van der Waals surface area contributed by atoms with Crippen molar-refractivity contribution in [2.24, 2.45) is 0 Å². The average Bonchev–Trinajstić information content (AvgIpc) is 2.60. The molecule has 2 saturated heterocycles. The maximum absolute atomic E-state index is 11.9. The molecule has 2 heterocycles. The largest absolute Gasteiger partial charge is 0.344 e. The van der Waals surface area contributed by atoms with Crippen molar-refractivity contribution in [2.45, 2.75) is 44.7 Å². The van der Waals surface area contributed by atoms with Crippen LogP contribution in [0.4, 0.5) is 0 Å². The first kappa shape index (κ1) is 11.6. The van der Waals surface area contributed by atoms with E-state index in [1.54, 1.807) is 11.8 Å². The average molecular weight is 224 g/mol. The van der Waals surface area contributed by atoms with E-state index in [-0.39, 0.29) is 23.8 Å². The Balaban J connectivity index is 2.11. The number of carbonyl (C=O) groups excluding carboxylic acids is 2. The molecular formula is C12H20N2O2. The molecule has 2 aliphatic rings. The second-order valence-electron chi connectivity index (χ2n) is 4.92. The number of piperidine rings is 1. The minimum atomic E-state index is -0.0424. The van der Waals surface area contributed by atoms with Gasteiger partial charge in [0.1, 0.15) is 5.78 Å². The lowest BCUT2D eigenvalue weighted by atomic mass is 9.96. The van der Waals surface area contributed by atoms with Crippen LogP contribution in [0.15, 0.2) is 0 Å². The Morgan fingerprint density at radius 3 is 2.56 bits per heavy atom. The van der Waals surface area contributed by atoms with E-state index in [1.807, 2.05) is 7.05 Å². The number of hydrogen-bond donors (Lipinski definition) is 0. The van der Waals surface area contributed by atoms with Crippen molar-refractivity contribution < 1.29 is 9.59 Å². The molecule has 4 nitrogen and oxygen atoms in total. The summed E-state index contributed by atoms with van der Waals surface area (Å²) < 4.78 is 0. The van der Waals surface area contributed by atoms with Crippen LogP contribution in [-0.4, -0.2) is 53.7 Å². The molecule has 1 amide bonds. The van der Waals surface area contributed by atoms with Crippen LogP contribution in [-0.2, 0) is 9.59 Å². The first-order chi connectivity index (χ1) is 7.61. The van der Waals surface area contributed by atoms with E-state index in [9.17, 15) is 9.59 Å². The van der Waals surface area contributed by atoms with Crippen LogP contribution in [0.5, 0.6) is 0 Å². The van der Waals surface area contributed by atoms with Crippen molar-refractivity contribution in [1.82, 2.24) is 9.80 Å². The number of ketones is 1. The summed E-state index contributed by atoms with van der Waals surface area (Å²) in [5.41, 5.74) is 0. The van der Waals surface area contributed by atoms with Gasteiger partial charge in [-0.05, 0) is 32.7 Å². The summed E-state index contributed by atoms with van der Waals surface area (Å²) in [7, 11) is 1.84. The Kier molecular flexibility index (Phi) is 3.28. The highest BCUT2D eigenvalue weighted by molar-refractivity contribution is 5.86. The van der Waals surface area contributed by atoms with Crippen molar-refractivity contribution in [2.75, 3.05) is 20.1 Å².